The van der Waals surface area contributed by atoms with Gasteiger partial charge in [0.2, 0.25) is 5.91 Å². The van der Waals surface area contributed by atoms with Gasteiger partial charge in [0.05, 0.1) is 22.2 Å². The van der Waals surface area contributed by atoms with Gasteiger partial charge < -0.3 is 25.5 Å². The molecule has 5 aromatic rings. The third-order valence-electron chi connectivity index (χ3n) is 8.14. The number of pyridine rings is 1. The molecule has 3 aliphatic heterocycles. The summed E-state index contributed by atoms with van der Waals surface area (Å²) < 4.78 is 0. The minimum Gasteiger partial charge on any atom is -0.379 e. The summed E-state index contributed by atoms with van der Waals surface area (Å²) in [6.07, 6.45) is 2.35. The molecule has 8 rings (SSSR count). The molecule has 3 saturated heterocycles. The second kappa shape index (κ2) is 9.39. The van der Waals surface area contributed by atoms with Crippen LogP contribution in [-0.2, 0) is 4.79 Å². The molecule has 0 unspecified atom stereocenters. The Hall–Kier alpha value is -4.43. The third kappa shape index (κ3) is 4.36. The highest BCUT2D eigenvalue weighted by Gasteiger charge is 2.35. The van der Waals surface area contributed by atoms with Crippen LogP contribution in [0.2, 0.25) is 0 Å². The van der Waals surface area contributed by atoms with Gasteiger partial charge in [0.15, 0.2) is 0 Å². The molecule has 0 saturated carbocycles. The zero-order chi connectivity index (χ0) is 26.5. The molecule has 3 aromatic carbocycles. The van der Waals surface area contributed by atoms with E-state index in [9.17, 15) is 9.59 Å². The number of carbonyl (C=O) groups is 1. The summed E-state index contributed by atoms with van der Waals surface area (Å²) >= 11 is 0. The minimum absolute atomic E-state index is 0.114. The van der Waals surface area contributed by atoms with Crippen molar-refractivity contribution in [2.45, 2.75) is 25.8 Å². The summed E-state index contributed by atoms with van der Waals surface area (Å²) in [6.45, 7) is 4.77. The van der Waals surface area contributed by atoms with Gasteiger partial charge in [-0.15, -0.1) is 0 Å². The van der Waals surface area contributed by atoms with E-state index in [0.29, 0.717) is 17.3 Å². The van der Waals surface area contributed by atoms with Gasteiger partial charge in [-0.2, -0.15) is 0 Å². The van der Waals surface area contributed by atoms with E-state index in [2.05, 4.69) is 37.6 Å². The van der Waals surface area contributed by atoms with E-state index in [1.54, 1.807) is 0 Å². The zero-order valence-electron chi connectivity index (χ0n) is 21.8. The molecule has 8 heteroatoms. The number of hydrogen-bond acceptors (Lipinski definition) is 5. The summed E-state index contributed by atoms with van der Waals surface area (Å²) in [7, 11) is 0. The fourth-order valence-electron chi connectivity index (χ4n) is 6.22. The smallest absolute Gasteiger partial charge is 0.261 e. The molecule has 8 nitrogen and oxygen atoms in total. The number of anilines is 2. The van der Waals surface area contributed by atoms with Crippen LogP contribution < -0.4 is 16.2 Å². The first-order valence-corrected chi connectivity index (χ1v) is 13.5. The molecule has 196 valence electrons. The van der Waals surface area contributed by atoms with Crippen molar-refractivity contribution in [3.8, 4) is 22.5 Å². The van der Waals surface area contributed by atoms with Crippen LogP contribution in [0.15, 0.2) is 71.5 Å². The van der Waals surface area contributed by atoms with E-state index >= 15 is 0 Å². The van der Waals surface area contributed by atoms with Crippen LogP contribution >= 0.6 is 0 Å². The van der Waals surface area contributed by atoms with Crippen LogP contribution in [-0.4, -0.2) is 51.4 Å². The van der Waals surface area contributed by atoms with E-state index in [0.717, 1.165) is 64.1 Å². The molecule has 1 amide bonds. The second-order valence-corrected chi connectivity index (χ2v) is 10.7. The van der Waals surface area contributed by atoms with Gasteiger partial charge in [-0.25, -0.2) is 4.98 Å². The van der Waals surface area contributed by atoms with Crippen molar-refractivity contribution in [1.29, 1.82) is 0 Å². The topological polar surface area (TPSA) is 106 Å². The lowest BCUT2D eigenvalue weighted by atomic mass is 9.83. The number of aromatic nitrogens is 3. The average Bonchev–Trinajstić information content (AvgIpc) is 3.37. The number of carbonyl (C=O) groups excluding carboxylic acids is 1. The second-order valence-electron chi connectivity index (χ2n) is 10.7. The highest BCUT2D eigenvalue weighted by atomic mass is 16.1. The predicted molar refractivity (Wildman–Crippen MR) is 156 cm³/mol. The Balaban J connectivity index is 1.37. The molecule has 1 atom stereocenters. The van der Waals surface area contributed by atoms with Gasteiger partial charge in [-0.05, 0) is 73.3 Å². The van der Waals surface area contributed by atoms with Crippen LogP contribution in [0.25, 0.3) is 44.5 Å². The first-order chi connectivity index (χ1) is 19.0. The first-order valence-electron chi connectivity index (χ1n) is 13.5. The molecule has 4 N–H and O–H groups in total. The van der Waals surface area contributed by atoms with E-state index < -0.39 is 0 Å². The van der Waals surface area contributed by atoms with Crippen molar-refractivity contribution in [2.24, 2.45) is 5.92 Å². The standard InChI is InChI=1S/C31H30N6O2/c1-18(38)32-22-6-4-5-20(15-22)21-9-10-23-26(16-21)36-31(39)28(30-34-24-7-2-3-8-25(24)35-30)29(23)33-27-17-37-13-11-19(27)12-14-37/h2-10,15-16,19,27H,11-14,17H2,1H3,(H,32,38)(H,34,35)(H2,33,36,39)/t27-/m0/s1. The Morgan fingerprint density at radius 2 is 1.77 bits per heavy atom. The first kappa shape index (κ1) is 23.7. The van der Waals surface area contributed by atoms with Crippen molar-refractivity contribution < 1.29 is 4.79 Å². The summed E-state index contributed by atoms with van der Waals surface area (Å²) in [5, 5.41) is 7.62. The number of aromatic amines is 2. The number of H-pyrrole nitrogens is 2. The number of piperidine rings is 3. The Kier molecular flexibility index (Phi) is 5.70. The van der Waals surface area contributed by atoms with Crippen molar-refractivity contribution in [2.75, 3.05) is 30.3 Å². The predicted octanol–water partition coefficient (Wildman–Crippen LogP) is 5.20. The fraction of sp³-hybridized carbons (Fsp3) is 0.258. The van der Waals surface area contributed by atoms with Gasteiger partial charge >= 0.3 is 0 Å². The molecule has 3 fully saturated rings. The summed E-state index contributed by atoms with van der Waals surface area (Å²) in [6, 6.07) is 22.0. The quantitative estimate of drug-likeness (QED) is 0.256. The van der Waals surface area contributed by atoms with Gasteiger partial charge in [-0.1, -0.05) is 36.4 Å². The Labute approximate surface area is 225 Å². The van der Waals surface area contributed by atoms with Crippen LogP contribution in [0, 0.1) is 5.92 Å². The number of amides is 1. The molecule has 0 spiro atoms. The molecular weight excluding hydrogens is 488 g/mol. The molecule has 0 radical (unpaired) electrons. The molecule has 0 aliphatic carbocycles. The molecule has 5 heterocycles. The number of fused-ring (bicyclic) bond motifs is 5. The highest BCUT2D eigenvalue weighted by molar-refractivity contribution is 6.01. The number of nitrogens with one attached hydrogen (secondary N) is 4. The number of rotatable bonds is 5. The Morgan fingerprint density at radius 1 is 0.949 bits per heavy atom. The number of benzene rings is 3. The van der Waals surface area contributed by atoms with Crippen molar-refractivity contribution in [1.82, 2.24) is 19.9 Å². The number of imidazole rings is 1. The maximum absolute atomic E-state index is 13.7. The molecule has 3 aliphatic rings. The lowest BCUT2D eigenvalue weighted by Gasteiger charge is -2.45. The van der Waals surface area contributed by atoms with Gasteiger partial charge in [-0.3, -0.25) is 9.59 Å². The minimum atomic E-state index is -0.186. The van der Waals surface area contributed by atoms with Crippen LogP contribution in [0.1, 0.15) is 19.8 Å². The number of nitrogens with zero attached hydrogens (tertiary/aromatic N) is 2. The number of para-hydroxylation sites is 2. The summed E-state index contributed by atoms with van der Waals surface area (Å²) in [5.74, 6) is 1.04. The maximum atomic E-state index is 13.7. The zero-order valence-corrected chi connectivity index (χ0v) is 21.8. The highest BCUT2D eigenvalue weighted by Crippen LogP contribution is 2.37. The summed E-state index contributed by atoms with van der Waals surface area (Å²) in [4.78, 5) is 39.1. The van der Waals surface area contributed by atoms with E-state index in [-0.39, 0.29) is 17.5 Å². The van der Waals surface area contributed by atoms with Crippen LogP contribution in [0.3, 0.4) is 0 Å². The third-order valence-corrected chi connectivity index (χ3v) is 8.14. The van der Waals surface area contributed by atoms with Crippen LogP contribution in [0.4, 0.5) is 11.4 Å². The Bertz CT molecular complexity index is 1750. The van der Waals surface area contributed by atoms with Crippen LogP contribution in [0.5, 0.6) is 0 Å². The maximum Gasteiger partial charge on any atom is 0.261 e. The molecular formula is C31H30N6O2. The van der Waals surface area contributed by atoms with Crippen molar-refractivity contribution in [3.05, 3.63) is 77.1 Å². The van der Waals surface area contributed by atoms with E-state index in [1.807, 2.05) is 54.6 Å². The summed E-state index contributed by atoms with van der Waals surface area (Å²) in [5.41, 5.74) is 6.30. The monoisotopic (exact) mass is 518 g/mol. The largest absolute Gasteiger partial charge is 0.379 e. The van der Waals surface area contributed by atoms with E-state index in [1.165, 1.54) is 19.8 Å². The lowest BCUT2D eigenvalue weighted by molar-refractivity contribution is -0.114. The average molecular weight is 519 g/mol. The number of hydrogen-bond donors (Lipinski definition) is 4. The van der Waals surface area contributed by atoms with Crippen molar-refractivity contribution in [3.63, 3.8) is 0 Å². The van der Waals surface area contributed by atoms with Crippen molar-refractivity contribution >= 4 is 39.2 Å². The van der Waals surface area contributed by atoms with Gasteiger partial charge in [0.1, 0.15) is 11.4 Å². The molecule has 39 heavy (non-hydrogen) atoms. The van der Waals surface area contributed by atoms with Gasteiger partial charge in [0.25, 0.3) is 5.56 Å². The fourth-order valence-corrected chi connectivity index (χ4v) is 6.22. The lowest BCUT2D eigenvalue weighted by Crippen LogP contribution is -2.53. The van der Waals surface area contributed by atoms with E-state index in [4.69, 9.17) is 4.98 Å². The Morgan fingerprint density at radius 3 is 2.54 bits per heavy atom. The normalized spacial score (nSPS) is 20.4. The molecule has 2 bridgehead atoms. The SMILES string of the molecule is CC(=O)Nc1cccc(-c2ccc3c(N[C@H]4CN5CCC4CC5)c(-c4nc5ccccc5[nH]4)c(=O)[nH]c3c2)c1. The van der Waals surface area contributed by atoms with Gasteiger partial charge in [0, 0.05) is 30.6 Å². The molecule has 2 aromatic heterocycles.